The molecule has 4 nitrogen and oxygen atoms in total. The molecule has 4 heteroatoms. The Kier molecular flexibility index (Phi) is 4.22. The minimum absolute atomic E-state index is 0.153. The Morgan fingerprint density at radius 3 is 2.47 bits per heavy atom. The third kappa shape index (κ3) is 2.79. The van der Waals surface area contributed by atoms with Crippen LogP contribution in [0.15, 0.2) is 36.8 Å². The Morgan fingerprint density at radius 1 is 1.32 bits per heavy atom. The van der Waals surface area contributed by atoms with Crippen LogP contribution in [-0.2, 0) is 7.05 Å². The van der Waals surface area contributed by atoms with Crippen molar-refractivity contribution in [1.29, 1.82) is 0 Å². The second kappa shape index (κ2) is 5.89. The highest BCUT2D eigenvalue weighted by molar-refractivity contribution is 5.49. The molecule has 0 saturated carbocycles. The van der Waals surface area contributed by atoms with Crippen molar-refractivity contribution in [2.75, 3.05) is 18.0 Å². The van der Waals surface area contributed by atoms with E-state index in [0.29, 0.717) is 6.54 Å². The van der Waals surface area contributed by atoms with E-state index in [1.165, 1.54) is 11.3 Å². The molecule has 2 rings (SSSR count). The van der Waals surface area contributed by atoms with Crippen LogP contribution in [0.4, 0.5) is 5.69 Å². The van der Waals surface area contributed by atoms with Gasteiger partial charge in [-0.15, -0.1) is 0 Å². The van der Waals surface area contributed by atoms with Gasteiger partial charge in [-0.1, -0.05) is 17.7 Å². The minimum atomic E-state index is 0.153. The summed E-state index contributed by atoms with van der Waals surface area (Å²) in [6, 6.07) is 8.72. The number of aryl methyl sites for hydroxylation is 2. The molecule has 0 amide bonds. The number of aromatic nitrogens is 2. The Labute approximate surface area is 114 Å². The maximum absolute atomic E-state index is 5.99. The van der Waals surface area contributed by atoms with Crippen molar-refractivity contribution in [1.82, 2.24) is 9.55 Å². The number of rotatable bonds is 5. The Morgan fingerprint density at radius 2 is 2.00 bits per heavy atom. The van der Waals surface area contributed by atoms with E-state index in [1.54, 1.807) is 0 Å². The van der Waals surface area contributed by atoms with Gasteiger partial charge in [0.2, 0.25) is 0 Å². The summed E-state index contributed by atoms with van der Waals surface area (Å²) in [5, 5.41) is 0. The van der Waals surface area contributed by atoms with Gasteiger partial charge in [-0.05, 0) is 26.0 Å². The van der Waals surface area contributed by atoms with Gasteiger partial charge in [0.25, 0.3) is 0 Å². The van der Waals surface area contributed by atoms with E-state index in [0.717, 1.165) is 12.2 Å². The van der Waals surface area contributed by atoms with Gasteiger partial charge in [0, 0.05) is 25.8 Å². The molecule has 1 atom stereocenters. The Hall–Kier alpha value is -1.81. The second-order valence-corrected chi connectivity index (χ2v) is 4.80. The van der Waals surface area contributed by atoms with Crippen LogP contribution in [0.25, 0.3) is 0 Å². The van der Waals surface area contributed by atoms with Crippen molar-refractivity contribution in [3.63, 3.8) is 0 Å². The molecule has 0 bridgehead atoms. The van der Waals surface area contributed by atoms with Crippen molar-refractivity contribution in [3.8, 4) is 0 Å². The average molecular weight is 258 g/mol. The fourth-order valence-electron chi connectivity index (χ4n) is 2.42. The zero-order valence-corrected chi connectivity index (χ0v) is 11.9. The lowest BCUT2D eigenvalue weighted by molar-refractivity contribution is 0.602. The molecule has 0 spiro atoms. The highest BCUT2D eigenvalue weighted by Gasteiger charge is 2.20. The summed E-state index contributed by atoms with van der Waals surface area (Å²) >= 11 is 0. The predicted molar refractivity (Wildman–Crippen MR) is 79.2 cm³/mol. The molecule has 0 saturated heterocycles. The highest BCUT2D eigenvalue weighted by atomic mass is 15.2. The van der Waals surface area contributed by atoms with Gasteiger partial charge in [0.05, 0.1) is 24.3 Å². The topological polar surface area (TPSA) is 47.1 Å². The molecule has 0 aliphatic rings. The van der Waals surface area contributed by atoms with Crippen LogP contribution in [0.3, 0.4) is 0 Å². The van der Waals surface area contributed by atoms with Crippen molar-refractivity contribution in [2.45, 2.75) is 19.9 Å². The van der Waals surface area contributed by atoms with Gasteiger partial charge >= 0.3 is 0 Å². The molecule has 1 aromatic carbocycles. The molecule has 2 N–H and O–H groups in total. The first-order valence-electron chi connectivity index (χ1n) is 6.67. The molecule has 102 valence electrons. The quantitative estimate of drug-likeness (QED) is 0.895. The fourth-order valence-corrected chi connectivity index (χ4v) is 2.42. The van der Waals surface area contributed by atoms with Crippen LogP contribution >= 0.6 is 0 Å². The van der Waals surface area contributed by atoms with Gasteiger partial charge in [0.15, 0.2) is 0 Å². The van der Waals surface area contributed by atoms with Crippen molar-refractivity contribution < 1.29 is 0 Å². The lowest BCUT2D eigenvalue weighted by Gasteiger charge is -2.32. The smallest absolute Gasteiger partial charge is 0.0946 e. The SMILES string of the molecule is CCN(c1ccc(C)cc1)C(CN)c1cncn1C. The molecule has 1 unspecified atom stereocenters. The molecule has 1 heterocycles. The Balaban J connectivity index is 2.34. The first-order valence-corrected chi connectivity index (χ1v) is 6.67. The van der Waals surface area contributed by atoms with Crippen LogP contribution in [0, 0.1) is 6.92 Å². The van der Waals surface area contributed by atoms with Crippen LogP contribution in [0.5, 0.6) is 0 Å². The third-order valence-electron chi connectivity index (χ3n) is 3.50. The minimum Gasteiger partial charge on any atom is -0.362 e. The number of hydrogen-bond donors (Lipinski definition) is 1. The molecule has 2 aromatic rings. The maximum Gasteiger partial charge on any atom is 0.0946 e. The predicted octanol–water partition coefficient (Wildman–Crippen LogP) is 2.25. The number of anilines is 1. The van der Waals surface area contributed by atoms with Crippen molar-refractivity contribution >= 4 is 5.69 Å². The van der Waals surface area contributed by atoms with E-state index in [-0.39, 0.29) is 6.04 Å². The van der Waals surface area contributed by atoms with Crippen LogP contribution in [0.1, 0.15) is 24.2 Å². The zero-order chi connectivity index (χ0) is 13.8. The van der Waals surface area contributed by atoms with E-state index in [1.807, 2.05) is 24.1 Å². The van der Waals surface area contributed by atoms with E-state index < -0.39 is 0 Å². The van der Waals surface area contributed by atoms with E-state index in [9.17, 15) is 0 Å². The summed E-state index contributed by atoms with van der Waals surface area (Å²) in [6.07, 6.45) is 3.72. The molecule has 0 aliphatic carbocycles. The average Bonchev–Trinajstić information content (AvgIpc) is 2.83. The van der Waals surface area contributed by atoms with Gasteiger partial charge in [-0.2, -0.15) is 0 Å². The number of imidazole rings is 1. The lowest BCUT2D eigenvalue weighted by Crippen LogP contribution is -2.34. The normalized spacial score (nSPS) is 12.4. The van der Waals surface area contributed by atoms with Crippen LogP contribution < -0.4 is 10.6 Å². The Bertz CT molecular complexity index is 515. The molecule has 0 radical (unpaired) electrons. The number of likely N-dealkylation sites (N-methyl/N-ethyl adjacent to an activating group) is 1. The number of nitrogens with zero attached hydrogens (tertiary/aromatic N) is 3. The molecule has 0 aliphatic heterocycles. The van der Waals surface area contributed by atoms with E-state index in [2.05, 4.69) is 48.0 Å². The molecule has 1 aromatic heterocycles. The zero-order valence-electron chi connectivity index (χ0n) is 11.9. The summed E-state index contributed by atoms with van der Waals surface area (Å²) in [7, 11) is 2.01. The summed E-state index contributed by atoms with van der Waals surface area (Å²) < 4.78 is 2.04. The van der Waals surface area contributed by atoms with Crippen molar-refractivity contribution in [2.24, 2.45) is 12.8 Å². The summed E-state index contributed by atoms with van der Waals surface area (Å²) in [4.78, 5) is 6.51. The van der Waals surface area contributed by atoms with E-state index in [4.69, 9.17) is 5.73 Å². The standard InChI is InChI=1S/C15H22N4/c1-4-19(13-7-5-12(2)6-8-13)14(9-16)15-10-17-11-18(15)3/h5-8,10-11,14H,4,9,16H2,1-3H3. The van der Waals surface area contributed by atoms with Gasteiger partial charge in [0.1, 0.15) is 0 Å². The van der Waals surface area contributed by atoms with Gasteiger partial charge in [-0.3, -0.25) is 0 Å². The molecular weight excluding hydrogens is 236 g/mol. The van der Waals surface area contributed by atoms with E-state index >= 15 is 0 Å². The first-order chi connectivity index (χ1) is 9.17. The van der Waals surface area contributed by atoms with Gasteiger partial charge in [-0.25, -0.2) is 4.98 Å². The molecule has 0 fully saturated rings. The number of nitrogens with two attached hydrogens (primary N) is 1. The van der Waals surface area contributed by atoms with Gasteiger partial charge < -0.3 is 15.2 Å². The van der Waals surface area contributed by atoms with Crippen molar-refractivity contribution in [3.05, 3.63) is 48.0 Å². The number of benzene rings is 1. The summed E-state index contributed by atoms with van der Waals surface area (Å²) in [5.74, 6) is 0. The number of hydrogen-bond acceptors (Lipinski definition) is 3. The van der Waals surface area contributed by atoms with Crippen LogP contribution in [-0.4, -0.2) is 22.6 Å². The maximum atomic E-state index is 5.99. The second-order valence-electron chi connectivity index (χ2n) is 4.80. The lowest BCUT2D eigenvalue weighted by atomic mass is 10.1. The molecule has 19 heavy (non-hydrogen) atoms. The monoisotopic (exact) mass is 258 g/mol. The summed E-state index contributed by atoms with van der Waals surface area (Å²) in [6.45, 7) is 5.73. The largest absolute Gasteiger partial charge is 0.362 e. The summed E-state index contributed by atoms with van der Waals surface area (Å²) in [5.41, 5.74) is 9.60. The molecular formula is C15H22N4. The van der Waals surface area contributed by atoms with Crippen LogP contribution in [0.2, 0.25) is 0 Å². The highest BCUT2D eigenvalue weighted by Crippen LogP contribution is 2.26. The first kappa shape index (κ1) is 13.6. The third-order valence-corrected chi connectivity index (χ3v) is 3.50. The fraction of sp³-hybridized carbons (Fsp3) is 0.400.